The fraction of sp³-hybridized carbons (Fsp3) is 0.571. The molecule has 3 rings (SSSR count). The van der Waals surface area contributed by atoms with Crippen molar-refractivity contribution in [1.29, 1.82) is 0 Å². The zero-order valence-electron chi connectivity index (χ0n) is 16.2. The molecule has 1 aromatic rings. The summed E-state index contributed by atoms with van der Waals surface area (Å²) >= 11 is 0. The minimum atomic E-state index is -0.858. The van der Waals surface area contributed by atoms with Gasteiger partial charge in [0.2, 0.25) is 5.91 Å². The first-order valence-corrected chi connectivity index (χ1v) is 10.1. The van der Waals surface area contributed by atoms with Crippen LogP contribution in [0.4, 0.5) is 4.79 Å². The van der Waals surface area contributed by atoms with Crippen LogP contribution < -0.4 is 5.32 Å². The van der Waals surface area contributed by atoms with Crippen LogP contribution in [-0.2, 0) is 16.0 Å². The number of aliphatic carboxylic acids is 1. The predicted molar refractivity (Wildman–Crippen MR) is 105 cm³/mol. The molecule has 1 unspecified atom stereocenters. The van der Waals surface area contributed by atoms with Crippen molar-refractivity contribution in [2.75, 3.05) is 19.6 Å². The van der Waals surface area contributed by atoms with E-state index in [1.165, 1.54) is 0 Å². The van der Waals surface area contributed by atoms with Crippen LogP contribution in [0.1, 0.15) is 44.1 Å². The van der Waals surface area contributed by atoms with Crippen LogP contribution >= 0.6 is 0 Å². The fourth-order valence-electron chi connectivity index (χ4n) is 4.12. The van der Waals surface area contributed by atoms with E-state index < -0.39 is 5.97 Å². The second-order valence-electron chi connectivity index (χ2n) is 7.68. The monoisotopic (exact) mass is 387 g/mol. The predicted octanol–water partition coefficient (Wildman–Crippen LogP) is 2.26. The number of carbonyl (C=O) groups excluding carboxylic acids is 2. The topological polar surface area (TPSA) is 89.9 Å². The van der Waals surface area contributed by atoms with E-state index in [0.29, 0.717) is 32.4 Å². The Morgan fingerprint density at radius 2 is 1.86 bits per heavy atom. The van der Waals surface area contributed by atoms with Gasteiger partial charge in [-0.15, -0.1) is 0 Å². The summed E-state index contributed by atoms with van der Waals surface area (Å²) in [6.07, 6.45) is 4.22. The molecule has 1 aromatic carbocycles. The molecule has 2 N–H and O–H groups in total. The Bertz CT molecular complexity index is 686. The number of amides is 3. The highest BCUT2D eigenvalue weighted by Crippen LogP contribution is 2.22. The van der Waals surface area contributed by atoms with E-state index in [4.69, 9.17) is 5.11 Å². The molecule has 2 aliphatic rings. The molecular weight excluding hydrogens is 358 g/mol. The number of rotatable bonds is 7. The number of carboxylic acids is 1. The first kappa shape index (κ1) is 20.2. The Kier molecular flexibility index (Phi) is 6.90. The van der Waals surface area contributed by atoms with Crippen molar-refractivity contribution < 1.29 is 19.5 Å². The van der Waals surface area contributed by atoms with Gasteiger partial charge in [0.05, 0.1) is 0 Å². The second-order valence-corrected chi connectivity index (χ2v) is 7.68. The van der Waals surface area contributed by atoms with Gasteiger partial charge in [0.15, 0.2) is 0 Å². The third-order valence-corrected chi connectivity index (χ3v) is 5.66. The van der Waals surface area contributed by atoms with Gasteiger partial charge in [-0.05, 0) is 37.7 Å². The standard InChI is InChI=1S/C21H29N3O4/c25-19-7-4-12-24(19)18-10-13-23(14-11-18)21(28)22-17(8-9-20(26)27)15-16-5-2-1-3-6-16/h1-3,5-6,17-18H,4,7-15H2,(H,22,28)(H,26,27). The molecule has 0 radical (unpaired) electrons. The van der Waals surface area contributed by atoms with E-state index in [1.807, 2.05) is 35.2 Å². The van der Waals surface area contributed by atoms with Crippen molar-refractivity contribution in [2.45, 2.75) is 57.0 Å². The van der Waals surface area contributed by atoms with E-state index in [-0.39, 0.29) is 30.4 Å². The van der Waals surface area contributed by atoms with Gasteiger partial charge in [-0.3, -0.25) is 9.59 Å². The fourth-order valence-corrected chi connectivity index (χ4v) is 4.12. The Morgan fingerprint density at radius 1 is 1.14 bits per heavy atom. The highest BCUT2D eigenvalue weighted by molar-refractivity contribution is 5.78. The Hall–Kier alpha value is -2.57. The summed E-state index contributed by atoms with van der Waals surface area (Å²) in [7, 11) is 0. The van der Waals surface area contributed by atoms with Gasteiger partial charge in [-0.25, -0.2) is 4.79 Å². The summed E-state index contributed by atoms with van der Waals surface area (Å²) in [6.45, 7) is 2.08. The first-order chi connectivity index (χ1) is 13.5. The van der Waals surface area contributed by atoms with E-state index in [0.717, 1.165) is 31.4 Å². The number of benzene rings is 1. The maximum atomic E-state index is 12.7. The lowest BCUT2D eigenvalue weighted by Crippen LogP contribution is -2.52. The largest absolute Gasteiger partial charge is 0.481 e. The van der Waals surface area contributed by atoms with Crippen molar-refractivity contribution >= 4 is 17.9 Å². The number of nitrogens with one attached hydrogen (secondary N) is 1. The zero-order valence-corrected chi connectivity index (χ0v) is 16.2. The highest BCUT2D eigenvalue weighted by atomic mass is 16.4. The molecule has 2 heterocycles. The van der Waals surface area contributed by atoms with E-state index >= 15 is 0 Å². The molecular formula is C21H29N3O4. The highest BCUT2D eigenvalue weighted by Gasteiger charge is 2.32. The maximum absolute atomic E-state index is 12.7. The lowest BCUT2D eigenvalue weighted by Gasteiger charge is -2.37. The molecule has 0 aromatic heterocycles. The molecule has 2 fully saturated rings. The molecule has 2 saturated heterocycles. The van der Waals surface area contributed by atoms with Crippen LogP contribution in [0, 0.1) is 0 Å². The van der Waals surface area contributed by atoms with Gasteiger partial charge in [-0.2, -0.15) is 0 Å². The van der Waals surface area contributed by atoms with Crippen LogP contribution in [0.3, 0.4) is 0 Å². The number of hydrogen-bond acceptors (Lipinski definition) is 3. The summed E-state index contributed by atoms with van der Waals surface area (Å²) in [6, 6.07) is 9.67. The summed E-state index contributed by atoms with van der Waals surface area (Å²) in [5, 5.41) is 12.0. The normalized spacial score (nSPS) is 18.9. The van der Waals surface area contributed by atoms with Gasteiger partial charge >= 0.3 is 12.0 Å². The van der Waals surface area contributed by atoms with Gasteiger partial charge in [0.25, 0.3) is 0 Å². The van der Waals surface area contributed by atoms with Gasteiger partial charge in [0.1, 0.15) is 0 Å². The van der Waals surface area contributed by atoms with Crippen molar-refractivity contribution in [3.05, 3.63) is 35.9 Å². The first-order valence-electron chi connectivity index (χ1n) is 10.1. The van der Waals surface area contributed by atoms with Crippen LogP contribution in [0.15, 0.2) is 30.3 Å². The van der Waals surface area contributed by atoms with Crippen molar-refractivity contribution in [2.24, 2.45) is 0 Å². The number of piperidine rings is 1. The zero-order chi connectivity index (χ0) is 19.9. The van der Waals surface area contributed by atoms with E-state index in [9.17, 15) is 14.4 Å². The molecule has 0 spiro atoms. The molecule has 1 atom stereocenters. The van der Waals surface area contributed by atoms with Gasteiger partial charge < -0.3 is 20.2 Å². The second kappa shape index (κ2) is 9.57. The average Bonchev–Trinajstić information content (AvgIpc) is 3.13. The summed E-state index contributed by atoms with van der Waals surface area (Å²) in [5.41, 5.74) is 1.07. The van der Waals surface area contributed by atoms with E-state index in [1.54, 1.807) is 4.90 Å². The molecule has 3 amide bonds. The van der Waals surface area contributed by atoms with E-state index in [2.05, 4.69) is 5.32 Å². The Labute approximate surface area is 165 Å². The lowest BCUT2D eigenvalue weighted by molar-refractivity contribution is -0.137. The lowest BCUT2D eigenvalue weighted by atomic mass is 10.0. The quantitative estimate of drug-likeness (QED) is 0.751. The molecule has 0 saturated carbocycles. The van der Waals surface area contributed by atoms with Crippen molar-refractivity contribution in [3.8, 4) is 0 Å². The third-order valence-electron chi connectivity index (χ3n) is 5.66. The Morgan fingerprint density at radius 3 is 2.46 bits per heavy atom. The van der Waals surface area contributed by atoms with Crippen LogP contribution in [0.2, 0.25) is 0 Å². The summed E-state index contributed by atoms with van der Waals surface area (Å²) < 4.78 is 0. The average molecular weight is 387 g/mol. The smallest absolute Gasteiger partial charge is 0.317 e. The molecule has 0 aliphatic carbocycles. The number of carbonyl (C=O) groups is 3. The van der Waals surface area contributed by atoms with Crippen LogP contribution in [0.5, 0.6) is 0 Å². The number of urea groups is 1. The number of hydrogen-bond donors (Lipinski definition) is 2. The van der Waals surface area contributed by atoms with Crippen LogP contribution in [-0.4, -0.2) is 64.5 Å². The summed E-state index contributed by atoms with van der Waals surface area (Å²) in [5.74, 6) is -0.622. The van der Waals surface area contributed by atoms with Crippen LogP contribution in [0.25, 0.3) is 0 Å². The number of carboxylic acid groups (broad SMARTS) is 1. The SMILES string of the molecule is O=C(O)CCC(Cc1ccccc1)NC(=O)N1CCC(N2CCCC2=O)CC1. The van der Waals surface area contributed by atoms with Crippen molar-refractivity contribution in [1.82, 2.24) is 15.1 Å². The number of nitrogens with zero attached hydrogens (tertiary/aromatic N) is 2. The van der Waals surface area contributed by atoms with Gasteiger partial charge in [-0.1, -0.05) is 30.3 Å². The molecule has 0 bridgehead atoms. The molecule has 152 valence electrons. The minimum absolute atomic E-state index is 0.0247. The molecule has 7 heteroatoms. The molecule has 28 heavy (non-hydrogen) atoms. The minimum Gasteiger partial charge on any atom is -0.481 e. The number of likely N-dealkylation sites (tertiary alicyclic amines) is 2. The Balaban J connectivity index is 1.52. The third kappa shape index (κ3) is 5.47. The molecule has 2 aliphatic heterocycles. The van der Waals surface area contributed by atoms with Gasteiger partial charge in [0, 0.05) is 44.6 Å². The maximum Gasteiger partial charge on any atom is 0.317 e. The summed E-state index contributed by atoms with van der Waals surface area (Å²) in [4.78, 5) is 39.4. The molecule has 7 nitrogen and oxygen atoms in total. The van der Waals surface area contributed by atoms with Crippen molar-refractivity contribution in [3.63, 3.8) is 0 Å².